The van der Waals surface area contributed by atoms with Crippen LogP contribution in [0.1, 0.15) is 28.4 Å². The fourth-order valence-corrected chi connectivity index (χ4v) is 5.82. The van der Waals surface area contributed by atoms with Gasteiger partial charge in [-0.3, -0.25) is 9.52 Å². The highest BCUT2D eigenvalue weighted by atomic mass is 35.5. The van der Waals surface area contributed by atoms with Gasteiger partial charge in [-0.1, -0.05) is 16.8 Å². The Kier molecular flexibility index (Phi) is 5.51. The first-order chi connectivity index (χ1) is 14.2. The van der Waals surface area contributed by atoms with Crippen molar-refractivity contribution in [2.45, 2.75) is 24.7 Å². The van der Waals surface area contributed by atoms with Crippen LogP contribution in [0.25, 0.3) is 10.7 Å². The van der Waals surface area contributed by atoms with E-state index in [4.69, 9.17) is 16.1 Å². The van der Waals surface area contributed by atoms with Crippen LogP contribution in [0.4, 0.5) is 10.1 Å². The summed E-state index contributed by atoms with van der Waals surface area (Å²) >= 11 is 6.83. The molecule has 1 aliphatic rings. The first kappa shape index (κ1) is 20.8. The van der Waals surface area contributed by atoms with E-state index in [9.17, 15) is 17.6 Å². The zero-order valence-electron chi connectivity index (χ0n) is 15.7. The van der Waals surface area contributed by atoms with Gasteiger partial charge in [-0.05, 0) is 44.0 Å². The van der Waals surface area contributed by atoms with E-state index >= 15 is 0 Å². The molecule has 1 aliphatic heterocycles. The molecule has 1 amide bonds. The Bertz CT molecular complexity index is 1220. The number of benzene rings is 1. The van der Waals surface area contributed by atoms with Gasteiger partial charge in [0.05, 0.1) is 10.6 Å². The minimum Gasteiger partial charge on any atom is -0.334 e. The average Bonchev–Trinajstić information content (AvgIpc) is 3.43. The zero-order chi connectivity index (χ0) is 21.5. The normalized spacial score (nSPS) is 14.3. The summed E-state index contributed by atoms with van der Waals surface area (Å²) in [5.74, 6) is -1.15. The maximum Gasteiger partial charge on any atom is 0.316 e. The summed E-state index contributed by atoms with van der Waals surface area (Å²) in [6, 6.07) is 5.01. The lowest BCUT2D eigenvalue weighted by atomic mass is 10.3. The molecule has 158 valence electrons. The smallest absolute Gasteiger partial charge is 0.316 e. The van der Waals surface area contributed by atoms with Crippen molar-refractivity contribution in [3.63, 3.8) is 0 Å². The van der Waals surface area contributed by atoms with Gasteiger partial charge in [0.1, 0.15) is 10.7 Å². The second-order valence-electron chi connectivity index (χ2n) is 6.68. The molecule has 1 saturated heterocycles. The molecule has 1 fully saturated rings. The van der Waals surface area contributed by atoms with Gasteiger partial charge >= 0.3 is 11.8 Å². The summed E-state index contributed by atoms with van der Waals surface area (Å²) in [5, 5.41) is 3.96. The maximum atomic E-state index is 14.0. The van der Waals surface area contributed by atoms with E-state index in [1.54, 1.807) is 11.8 Å². The van der Waals surface area contributed by atoms with Crippen molar-refractivity contribution in [3.05, 3.63) is 45.9 Å². The fraction of sp³-hybridized carbons (Fsp3) is 0.278. The van der Waals surface area contributed by atoms with E-state index in [0.717, 1.165) is 30.2 Å². The van der Waals surface area contributed by atoms with Crippen LogP contribution in [0.5, 0.6) is 0 Å². The SMILES string of the molecule is Cc1sc(-c2noc(C(=O)N3CCCC3)n2)cc1S(=O)(=O)Nc1ccc(Cl)cc1F. The van der Waals surface area contributed by atoms with E-state index in [1.807, 2.05) is 0 Å². The van der Waals surface area contributed by atoms with Gasteiger partial charge in [0, 0.05) is 23.0 Å². The minimum absolute atomic E-state index is 0.0472. The number of anilines is 1. The van der Waals surface area contributed by atoms with E-state index in [1.165, 1.54) is 18.2 Å². The van der Waals surface area contributed by atoms with Gasteiger partial charge in [-0.15, -0.1) is 11.3 Å². The molecular weight excluding hydrogens is 455 g/mol. The van der Waals surface area contributed by atoms with Gasteiger partial charge in [0.25, 0.3) is 10.0 Å². The molecule has 0 radical (unpaired) electrons. The molecule has 30 heavy (non-hydrogen) atoms. The molecule has 12 heteroatoms. The number of rotatable bonds is 5. The molecule has 8 nitrogen and oxygen atoms in total. The van der Waals surface area contributed by atoms with E-state index in [2.05, 4.69) is 14.9 Å². The van der Waals surface area contributed by atoms with Crippen molar-refractivity contribution in [3.8, 4) is 10.7 Å². The third-order valence-electron chi connectivity index (χ3n) is 4.56. The van der Waals surface area contributed by atoms with Gasteiger partial charge < -0.3 is 9.42 Å². The number of hydrogen-bond acceptors (Lipinski definition) is 7. The monoisotopic (exact) mass is 470 g/mol. The highest BCUT2D eigenvalue weighted by Crippen LogP contribution is 2.33. The number of aryl methyl sites for hydroxylation is 1. The van der Waals surface area contributed by atoms with Gasteiger partial charge in [0.2, 0.25) is 5.82 Å². The Morgan fingerprint density at radius 1 is 1.30 bits per heavy atom. The molecule has 0 aliphatic carbocycles. The molecular formula is C18H16ClFN4O4S2. The maximum absolute atomic E-state index is 14.0. The molecule has 1 N–H and O–H groups in total. The molecule has 0 bridgehead atoms. The first-order valence-electron chi connectivity index (χ1n) is 8.96. The predicted octanol–water partition coefficient (Wildman–Crippen LogP) is 3.94. The number of nitrogens with one attached hydrogen (secondary N) is 1. The van der Waals surface area contributed by atoms with Crippen molar-refractivity contribution in [1.29, 1.82) is 0 Å². The van der Waals surface area contributed by atoms with Crippen LogP contribution >= 0.6 is 22.9 Å². The number of likely N-dealkylation sites (tertiary alicyclic amines) is 1. The number of hydrogen-bond donors (Lipinski definition) is 1. The molecule has 3 heterocycles. The Morgan fingerprint density at radius 3 is 2.73 bits per heavy atom. The van der Waals surface area contributed by atoms with Gasteiger partial charge in [-0.2, -0.15) is 4.98 Å². The summed E-state index contributed by atoms with van der Waals surface area (Å²) in [5.41, 5.74) is -0.218. The highest BCUT2D eigenvalue weighted by molar-refractivity contribution is 7.93. The third kappa shape index (κ3) is 4.05. The Labute approximate surface area is 180 Å². The minimum atomic E-state index is -4.07. The summed E-state index contributed by atoms with van der Waals surface area (Å²) in [6.45, 7) is 2.89. The van der Waals surface area contributed by atoms with E-state index < -0.39 is 15.8 Å². The number of halogens is 2. The molecule has 1 aromatic carbocycles. The van der Waals surface area contributed by atoms with Crippen molar-refractivity contribution in [2.24, 2.45) is 0 Å². The highest BCUT2D eigenvalue weighted by Gasteiger charge is 2.27. The quantitative estimate of drug-likeness (QED) is 0.605. The number of carbonyl (C=O) groups excluding carboxylic acids is 1. The van der Waals surface area contributed by atoms with Gasteiger partial charge in [0.15, 0.2) is 0 Å². The topological polar surface area (TPSA) is 105 Å². The van der Waals surface area contributed by atoms with Crippen LogP contribution in [-0.4, -0.2) is 42.5 Å². The van der Waals surface area contributed by atoms with Crippen LogP contribution in [0, 0.1) is 12.7 Å². The van der Waals surface area contributed by atoms with Crippen LogP contribution in [0.15, 0.2) is 33.7 Å². The summed E-state index contributed by atoms with van der Waals surface area (Å²) in [7, 11) is -4.07. The Balaban J connectivity index is 1.59. The van der Waals surface area contributed by atoms with Crippen molar-refractivity contribution in [1.82, 2.24) is 15.0 Å². The number of amides is 1. The number of thiophene rings is 1. The van der Waals surface area contributed by atoms with E-state index in [0.29, 0.717) is 22.8 Å². The van der Waals surface area contributed by atoms with Crippen LogP contribution in [0.3, 0.4) is 0 Å². The van der Waals surface area contributed by atoms with Crippen LogP contribution in [0.2, 0.25) is 5.02 Å². The molecule has 3 aromatic rings. The molecule has 0 unspecified atom stereocenters. The van der Waals surface area contributed by atoms with Crippen molar-refractivity contribution in [2.75, 3.05) is 17.8 Å². The second kappa shape index (κ2) is 7.97. The van der Waals surface area contributed by atoms with Crippen LogP contribution in [-0.2, 0) is 10.0 Å². The zero-order valence-corrected chi connectivity index (χ0v) is 18.1. The summed E-state index contributed by atoms with van der Waals surface area (Å²) in [6.07, 6.45) is 1.86. The molecule has 0 saturated carbocycles. The van der Waals surface area contributed by atoms with Crippen LogP contribution < -0.4 is 4.72 Å². The summed E-state index contributed by atoms with van der Waals surface area (Å²) < 4.78 is 46.8. The summed E-state index contributed by atoms with van der Waals surface area (Å²) in [4.78, 5) is 18.9. The third-order valence-corrected chi connectivity index (χ3v) is 7.46. The van der Waals surface area contributed by atoms with E-state index in [-0.39, 0.29) is 33.2 Å². The number of sulfonamides is 1. The fourth-order valence-electron chi connectivity index (χ4n) is 3.08. The van der Waals surface area contributed by atoms with Crippen molar-refractivity contribution < 1.29 is 22.1 Å². The standard InChI is InChI=1S/C18H16ClFN4O4S2/c1-10-15(30(26,27)23-13-5-4-11(19)8-12(13)20)9-14(29-10)16-21-17(28-22-16)18(25)24-6-2-3-7-24/h4-5,8-9,23H,2-3,6-7H2,1H3. The Morgan fingerprint density at radius 2 is 2.03 bits per heavy atom. The second-order valence-corrected chi connectivity index (χ2v) is 10.0. The lowest BCUT2D eigenvalue weighted by Crippen LogP contribution is -2.27. The lowest BCUT2D eigenvalue weighted by Gasteiger charge is -2.10. The van der Waals surface area contributed by atoms with Crippen molar-refractivity contribution >= 4 is 44.6 Å². The number of nitrogens with zero attached hydrogens (tertiary/aromatic N) is 3. The molecule has 0 atom stereocenters. The lowest BCUT2D eigenvalue weighted by molar-refractivity contribution is 0.0743. The Hall–Kier alpha value is -2.50. The number of aromatic nitrogens is 2. The predicted molar refractivity (Wildman–Crippen MR) is 110 cm³/mol. The molecule has 4 rings (SSSR count). The number of carbonyl (C=O) groups is 1. The molecule has 2 aromatic heterocycles. The average molecular weight is 471 g/mol. The molecule has 0 spiro atoms. The van der Waals surface area contributed by atoms with Gasteiger partial charge in [-0.25, -0.2) is 12.8 Å². The largest absolute Gasteiger partial charge is 0.334 e. The first-order valence-corrected chi connectivity index (χ1v) is 11.6.